The largest absolute Gasteiger partial charge is 0.353 e. The van der Waals surface area contributed by atoms with Crippen molar-refractivity contribution in [2.45, 2.75) is 57.8 Å². The highest BCUT2D eigenvalue weighted by Crippen LogP contribution is 2.34. The number of aromatic nitrogens is 2. The monoisotopic (exact) mass is 413 g/mol. The first-order valence-electron chi connectivity index (χ1n) is 9.66. The zero-order valence-electron chi connectivity index (χ0n) is 16.4. The number of alkyl halides is 1. The van der Waals surface area contributed by atoms with Gasteiger partial charge in [0.2, 0.25) is 21.9 Å². The van der Waals surface area contributed by atoms with Gasteiger partial charge in [-0.1, -0.05) is 0 Å². The molecule has 1 aromatic heterocycles. The van der Waals surface area contributed by atoms with Gasteiger partial charge in [-0.3, -0.25) is 9.10 Å². The fourth-order valence-electron chi connectivity index (χ4n) is 4.18. The van der Waals surface area contributed by atoms with Gasteiger partial charge in [0, 0.05) is 30.9 Å². The number of nitrogens with zero attached hydrogens (tertiary/aromatic N) is 3. The number of sulfonamides is 1. The Morgan fingerprint density at radius 2 is 2.11 bits per heavy atom. The number of amides is 1. The van der Waals surface area contributed by atoms with Crippen LogP contribution in [0.25, 0.3) is 0 Å². The number of anilines is 2. The van der Waals surface area contributed by atoms with Crippen molar-refractivity contribution in [3.8, 4) is 0 Å². The number of hydrogen-bond donors (Lipinski definition) is 2. The lowest BCUT2D eigenvalue weighted by molar-refractivity contribution is -0.129. The van der Waals surface area contributed by atoms with Gasteiger partial charge in [0.05, 0.1) is 12.2 Å². The molecule has 3 rings (SSSR count). The summed E-state index contributed by atoms with van der Waals surface area (Å²) in [6, 6.07) is 1.19. The van der Waals surface area contributed by atoms with E-state index in [4.69, 9.17) is 0 Å². The van der Waals surface area contributed by atoms with E-state index in [1.54, 1.807) is 19.9 Å². The molecule has 10 heteroatoms. The maximum Gasteiger partial charge on any atom is 0.233 e. The summed E-state index contributed by atoms with van der Waals surface area (Å²) in [7, 11) is -3.48. The number of fused-ring (bicyclic) bond motifs is 1. The van der Waals surface area contributed by atoms with E-state index in [0.717, 1.165) is 12.7 Å². The third kappa shape index (κ3) is 4.71. The molecule has 0 radical (unpaired) electrons. The summed E-state index contributed by atoms with van der Waals surface area (Å²) < 4.78 is 38.9. The van der Waals surface area contributed by atoms with Gasteiger partial charge in [-0.2, -0.15) is 4.98 Å². The molecule has 156 valence electrons. The van der Waals surface area contributed by atoms with Crippen LogP contribution in [0.2, 0.25) is 0 Å². The second kappa shape index (κ2) is 8.18. The van der Waals surface area contributed by atoms with Crippen molar-refractivity contribution in [3.63, 3.8) is 0 Å². The van der Waals surface area contributed by atoms with E-state index in [0.29, 0.717) is 31.7 Å². The van der Waals surface area contributed by atoms with Crippen LogP contribution in [0.5, 0.6) is 0 Å². The van der Waals surface area contributed by atoms with Crippen molar-refractivity contribution < 1.29 is 17.6 Å². The molecule has 2 fully saturated rings. The first-order valence-corrected chi connectivity index (χ1v) is 11.5. The normalized spacial score (nSPS) is 27.8. The van der Waals surface area contributed by atoms with Crippen molar-refractivity contribution in [3.05, 3.63) is 12.3 Å². The molecule has 1 aromatic rings. The van der Waals surface area contributed by atoms with Crippen LogP contribution in [-0.4, -0.2) is 55.3 Å². The number of piperidine rings is 1. The molecular formula is C18H28FN5O3S. The minimum Gasteiger partial charge on any atom is -0.353 e. The zero-order chi connectivity index (χ0) is 20.5. The number of hydrogen-bond acceptors (Lipinski definition) is 6. The van der Waals surface area contributed by atoms with E-state index in [9.17, 15) is 17.6 Å². The SMILES string of the molecule is CC(C)N(c1ccnc(NCC2CC3CCC(F)CC3NC2=O)n1)S(C)(=O)=O. The fraction of sp³-hybridized carbons (Fsp3) is 0.722. The Kier molecular flexibility index (Phi) is 6.07. The molecule has 2 heterocycles. The number of carbonyl (C=O) groups is 1. The molecule has 4 atom stereocenters. The summed E-state index contributed by atoms with van der Waals surface area (Å²) in [5, 5.41) is 6.01. The maximum atomic E-state index is 13.6. The lowest BCUT2D eigenvalue weighted by Gasteiger charge is -2.40. The van der Waals surface area contributed by atoms with Gasteiger partial charge in [0.15, 0.2) is 0 Å². The minimum atomic E-state index is -3.48. The highest BCUT2D eigenvalue weighted by atomic mass is 32.2. The standard InChI is InChI=1S/C18H28FN5O3S/c1-11(2)24(28(3,26)27)16-6-7-20-18(23-16)21-10-13-8-12-4-5-14(19)9-15(12)22-17(13)25/h6-7,11-15H,4-5,8-10H2,1-3H3,(H,22,25)(H,20,21,23). The molecule has 2 N–H and O–H groups in total. The fourth-order valence-corrected chi connectivity index (χ4v) is 5.39. The van der Waals surface area contributed by atoms with Gasteiger partial charge >= 0.3 is 0 Å². The van der Waals surface area contributed by atoms with Gasteiger partial charge in [-0.25, -0.2) is 17.8 Å². The Labute approximate surface area is 165 Å². The van der Waals surface area contributed by atoms with Gasteiger partial charge in [0.25, 0.3) is 0 Å². The molecular weight excluding hydrogens is 385 g/mol. The summed E-state index contributed by atoms with van der Waals surface area (Å²) >= 11 is 0. The van der Waals surface area contributed by atoms with Gasteiger partial charge in [0.1, 0.15) is 12.0 Å². The Bertz CT molecular complexity index is 819. The van der Waals surface area contributed by atoms with Crippen LogP contribution in [0, 0.1) is 11.8 Å². The van der Waals surface area contributed by atoms with Crippen molar-refractivity contribution in [1.29, 1.82) is 0 Å². The average Bonchev–Trinajstić information content (AvgIpc) is 2.58. The molecule has 1 aliphatic carbocycles. The summed E-state index contributed by atoms with van der Waals surface area (Å²) in [5.74, 6) is 0.517. The molecule has 0 aromatic carbocycles. The lowest BCUT2D eigenvalue weighted by atomic mass is 9.75. The summed E-state index contributed by atoms with van der Waals surface area (Å²) in [4.78, 5) is 20.8. The van der Waals surface area contributed by atoms with Crippen LogP contribution in [0.3, 0.4) is 0 Å². The predicted octanol–water partition coefficient (Wildman–Crippen LogP) is 1.71. The van der Waals surface area contributed by atoms with E-state index < -0.39 is 16.2 Å². The van der Waals surface area contributed by atoms with Crippen LogP contribution in [0.1, 0.15) is 39.5 Å². The van der Waals surface area contributed by atoms with E-state index in [-0.39, 0.29) is 35.7 Å². The van der Waals surface area contributed by atoms with Crippen LogP contribution < -0.4 is 14.9 Å². The Hall–Kier alpha value is -1.97. The van der Waals surface area contributed by atoms with Gasteiger partial charge in [-0.05, 0) is 45.4 Å². The van der Waals surface area contributed by atoms with Gasteiger partial charge < -0.3 is 10.6 Å². The molecule has 1 amide bonds. The average molecular weight is 414 g/mol. The summed E-state index contributed by atoms with van der Waals surface area (Å²) in [6.45, 7) is 3.88. The minimum absolute atomic E-state index is 0.0681. The van der Waals surface area contributed by atoms with Crippen molar-refractivity contribution in [1.82, 2.24) is 15.3 Å². The molecule has 0 spiro atoms. The summed E-state index contributed by atoms with van der Waals surface area (Å²) in [5.41, 5.74) is 0. The van der Waals surface area contributed by atoms with E-state index >= 15 is 0 Å². The third-order valence-corrected chi connectivity index (χ3v) is 6.74. The smallest absolute Gasteiger partial charge is 0.233 e. The number of nitrogens with one attached hydrogen (secondary N) is 2. The molecule has 1 aliphatic heterocycles. The Balaban J connectivity index is 1.66. The number of rotatable bonds is 6. The van der Waals surface area contributed by atoms with E-state index in [2.05, 4.69) is 20.6 Å². The van der Waals surface area contributed by atoms with Crippen LogP contribution in [-0.2, 0) is 14.8 Å². The van der Waals surface area contributed by atoms with E-state index in [1.165, 1.54) is 10.5 Å². The first kappa shape index (κ1) is 20.8. The van der Waals surface area contributed by atoms with E-state index in [1.807, 2.05) is 0 Å². The third-order valence-electron chi connectivity index (χ3n) is 5.41. The van der Waals surface area contributed by atoms with Crippen molar-refractivity contribution in [2.75, 3.05) is 22.4 Å². The van der Waals surface area contributed by atoms with Crippen LogP contribution >= 0.6 is 0 Å². The maximum absolute atomic E-state index is 13.6. The molecule has 1 saturated carbocycles. The summed E-state index contributed by atoms with van der Waals surface area (Å²) in [6.07, 6.45) is 4.24. The molecule has 4 unspecified atom stereocenters. The van der Waals surface area contributed by atoms with Crippen molar-refractivity contribution in [2.24, 2.45) is 11.8 Å². The highest BCUT2D eigenvalue weighted by Gasteiger charge is 2.39. The van der Waals surface area contributed by atoms with Crippen molar-refractivity contribution >= 4 is 27.7 Å². The molecule has 8 nitrogen and oxygen atoms in total. The first-order chi connectivity index (χ1) is 13.1. The zero-order valence-corrected chi connectivity index (χ0v) is 17.2. The quantitative estimate of drug-likeness (QED) is 0.736. The Morgan fingerprint density at radius 3 is 2.79 bits per heavy atom. The van der Waals surface area contributed by atoms with Crippen LogP contribution in [0.4, 0.5) is 16.2 Å². The topological polar surface area (TPSA) is 104 Å². The molecule has 0 bridgehead atoms. The van der Waals surface area contributed by atoms with Crippen LogP contribution in [0.15, 0.2) is 12.3 Å². The molecule has 1 saturated heterocycles. The second-order valence-electron chi connectivity index (χ2n) is 7.99. The predicted molar refractivity (Wildman–Crippen MR) is 105 cm³/mol. The number of halogens is 1. The van der Waals surface area contributed by atoms with Gasteiger partial charge in [-0.15, -0.1) is 0 Å². The number of carbonyl (C=O) groups excluding carboxylic acids is 1. The highest BCUT2D eigenvalue weighted by molar-refractivity contribution is 7.92. The second-order valence-corrected chi connectivity index (χ2v) is 9.85. The lowest BCUT2D eigenvalue weighted by Crippen LogP contribution is -2.53. The molecule has 28 heavy (non-hydrogen) atoms. The Morgan fingerprint density at radius 1 is 1.36 bits per heavy atom. The molecule has 2 aliphatic rings.